The molecule has 0 saturated heterocycles. The Balaban J connectivity index is 2.39. The Hall–Kier alpha value is -2.45. The van der Waals surface area contributed by atoms with Crippen molar-refractivity contribution in [2.45, 2.75) is 25.3 Å². The zero-order valence-corrected chi connectivity index (χ0v) is 15.4. The van der Waals surface area contributed by atoms with Gasteiger partial charge >= 0.3 is 0 Å². The maximum atomic E-state index is 12.8. The van der Waals surface area contributed by atoms with Crippen LogP contribution in [0.2, 0.25) is 0 Å². The van der Waals surface area contributed by atoms with Gasteiger partial charge in [0.15, 0.2) is 0 Å². The number of hydrogen-bond donors (Lipinski definition) is 1. The van der Waals surface area contributed by atoms with Crippen LogP contribution in [0.4, 0.5) is 11.4 Å². The fourth-order valence-electron chi connectivity index (χ4n) is 2.51. The number of sulfonamides is 1. The van der Waals surface area contributed by atoms with Crippen molar-refractivity contribution in [3.05, 3.63) is 63.2 Å². The molecule has 2 aromatic carbocycles. The van der Waals surface area contributed by atoms with Gasteiger partial charge in [-0.1, -0.05) is 23.8 Å². The lowest BCUT2D eigenvalue weighted by Gasteiger charge is -2.19. The van der Waals surface area contributed by atoms with E-state index in [0.29, 0.717) is 0 Å². The Bertz CT molecular complexity index is 910. The van der Waals surface area contributed by atoms with E-state index in [0.717, 1.165) is 22.8 Å². The first-order valence-electron chi connectivity index (χ1n) is 7.65. The normalized spacial score (nSPS) is 11.6. The minimum Gasteiger partial charge on any atom is -0.383 e. The summed E-state index contributed by atoms with van der Waals surface area (Å²) >= 11 is 0. The predicted molar refractivity (Wildman–Crippen MR) is 97.2 cm³/mol. The molecule has 0 aromatic heterocycles. The van der Waals surface area contributed by atoms with Crippen molar-refractivity contribution >= 4 is 21.4 Å². The summed E-state index contributed by atoms with van der Waals surface area (Å²) in [6.45, 7) is 4.05. The molecular weight excluding hydrogens is 342 g/mol. The third-order valence-electron chi connectivity index (χ3n) is 4.04. The van der Waals surface area contributed by atoms with Crippen molar-refractivity contribution in [3.8, 4) is 0 Å². The van der Waals surface area contributed by atoms with Gasteiger partial charge < -0.3 is 5.32 Å². The summed E-state index contributed by atoms with van der Waals surface area (Å²) in [4.78, 5) is 10.5. The van der Waals surface area contributed by atoms with E-state index in [1.165, 1.54) is 23.5 Å². The molecular formula is C17H21N3O4S. The first kappa shape index (κ1) is 18.9. The van der Waals surface area contributed by atoms with Gasteiger partial charge in [0.1, 0.15) is 5.69 Å². The number of nitro groups is 1. The van der Waals surface area contributed by atoms with Crippen LogP contribution in [-0.4, -0.2) is 31.7 Å². The van der Waals surface area contributed by atoms with Crippen molar-refractivity contribution in [2.75, 3.05) is 19.4 Å². The van der Waals surface area contributed by atoms with Crippen LogP contribution in [0.1, 0.15) is 16.7 Å². The summed E-state index contributed by atoms with van der Waals surface area (Å²) < 4.78 is 26.8. The third kappa shape index (κ3) is 3.97. The van der Waals surface area contributed by atoms with Crippen LogP contribution < -0.4 is 5.32 Å². The Labute approximate surface area is 147 Å². The molecule has 0 heterocycles. The van der Waals surface area contributed by atoms with Gasteiger partial charge in [-0.15, -0.1) is 0 Å². The minimum atomic E-state index is -3.85. The van der Waals surface area contributed by atoms with Crippen LogP contribution in [0.15, 0.2) is 41.3 Å². The zero-order chi connectivity index (χ0) is 18.8. The molecule has 0 aliphatic heterocycles. The lowest BCUT2D eigenvalue weighted by molar-refractivity contribution is -0.384. The maximum Gasteiger partial charge on any atom is 0.293 e. The Morgan fingerprint density at radius 3 is 2.44 bits per heavy atom. The summed E-state index contributed by atoms with van der Waals surface area (Å²) in [5, 5.41) is 13.8. The average Bonchev–Trinajstić information content (AvgIpc) is 2.57. The fourth-order valence-corrected chi connectivity index (χ4v) is 3.68. The summed E-state index contributed by atoms with van der Waals surface area (Å²) in [7, 11) is -0.835. The van der Waals surface area contributed by atoms with Gasteiger partial charge in [0.25, 0.3) is 5.69 Å². The van der Waals surface area contributed by atoms with Crippen molar-refractivity contribution in [1.29, 1.82) is 0 Å². The summed E-state index contributed by atoms with van der Waals surface area (Å²) in [6, 6.07) is 9.70. The van der Waals surface area contributed by atoms with Crippen LogP contribution in [0.3, 0.4) is 0 Å². The number of aryl methyl sites for hydroxylation is 2. The second-order valence-electron chi connectivity index (χ2n) is 5.88. The molecule has 0 amide bonds. The summed E-state index contributed by atoms with van der Waals surface area (Å²) in [6.07, 6.45) is 0. The highest BCUT2D eigenvalue weighted by molar-refractivity contribution is 7.89. The van der Waals surface area contributed by atoms with Crippen LogP contribution in [-0.2, 0) is 16.6 Å². The van der Waals surface area contributed by atoms with Gasteiger partial charge in [0.2, 0.25) is 10.0 Å². The molecule has 0 unspecified atom stereocenters. The lowest BCUT2D eigenvalue weighted by atomic mass is 10.1. The maximum absolute atomic E-state index is 12.8. The molecule has 134 valence electrons. The van der Waals surface area contributed by atoms with E-state index in [9.17, 15) is 18.5 Å². The number of hydrogen-bond acceptors (Lipinski definition) is 5. The molecule has 0 spiro atoms. The first-order valence-corrected chi connectivity index (χ1v) is 9.09. The number of benzene rings is 2. The topological polar surface area (TPSA) is 92.6 Å². The Morgan fingerprint density at radius 2 is 1.84 bits per heavy atom. The van der Waals surface area contributed by atoms with E-state index >= 15 is 0 Å². The van der Waals surface area contributed by atoms with Gasteiger partial charge in [-0.2, -0.15) is 4.31 Å². The molecule has 0 aliphatic carbocycles. The third-order valence-corrected chi connectivity index (χ3v) is 5.84. The molecule has 0 aliphatic rings. The van der Waals surface area contributed by atoms with Gasteiger partial charge in [-0.25, -0.2) is 8.42 Å². The molecule has 0 fully saturated rings. The highest BCUT2D eigenvalue weighted by atomic mass is 32.2. The number of anilines is 1. The monoisotopic (exact) mass is 363 g/mol. The van der Waals surface area contributed by atoms with Gasteiger partial charge in [0, 0.05) is 26.7 Å². The molecule has 1 N–H and O–H groups in total. The van der Waals surface area contributed by atoms with E-state index in [1.807, 2.05) is 32.0 Å². The first-order chi connectivity index (χ1) is 11.7. The van der Waals surface area contributed by atoms with Gasteiger partial charge in [-0.05, 0) is 37.1 Å². The van der Waals surface area contributed by atoms with E-state index in [4.69, 9.17) is 0 Å². The Morgan fingerprint density at radius 1 is 1.16 bits per heavy atom. The molecule has 2 aromatic rings. The molecule has 8 heteroatoms. The smallest absolute Gasteiger partial charge is 0.293 e. The zero-order valence-electron chi connectivity index (χ0n) is 14.6. The SMILES string of the molecule is CNc1ccc(S(=O)(=O)N(C)Cc2cc(C)ccc2C)cc1[N+](=O)[O-]. The molecule has 7 nitrogen and oxygen atoms in total. The quantitative estimate of drug-likeness (QED) is 0.629. The second kappa shape index (κ2) is 7.20. The number of rotatable bonds is 6. The van der Waals surface area contributed by atoms with E-state index < -0.39 is 14.9 Å². The lowest BCUT2D eigenvalue weighted by Crippen LogP contribution is -2.27. The highest BCUT2D eigenvalue weighted by Crippen LogP contribution is 2.29. The fraction of sp³-hybridized carbons (Fsp3) is 0.294. The molecule has 0 bridgehead atoms. The van der Waals surface area contributed by atoms with Crippen LogP contribution >= 0.6 is 0 Å². The van der Waals surface area contributed by atoms with Crippen molar-refractivity contribution in [1.82, 2.24) is 4.31 Å². The number of nitro benzene ring substituents is 1. The minimum absolute atomic E-state index is 0.106. The number of nitrogens with one attached hydrogen (secondary N) is 1. The summed E-state index contributed by atoms with van der Waals surface area (Å²) in [5.74, 6) is 0. The summed E-state index contributed by atoms with van der Waals surface area (Å²) in [5.41, 5.74) is 2.92. The average molecular weight is 363 g/mol. The van der Waals surface area contributed by atoms with Crippen molar-refractivity contribution in [2.24, 2.45) is 0 Å². The van der Waals surface area contributed by atoms with Crippen LogP contribution in [0.25, 0.3) is 0 Å². The molecule has 2 rings (SSSR count). The van der Waals surface area contributed by atoms with Gasteiger partial charge in [-0.3, -0.25) is 10.1 Å². The van der Waals surface area contributed by atoms with Crippen molar-refractivity contribution in [3.63, 3.8) is 0 Å². The predicted octanol–water partition coefficient (Wildman–Crippen LogP) is 3.07. The standard InChI is InChI=1S/C17H21N3O4S/c1-12-5-6-13(2)14(9-12)11-19(4)25(23,24)15-7-8-16(18-3)17(10-15)20(21)22/h5-10,18H,11H2,1-4H3. The van der Waals surface area contributed by atoms with Crippen LogP contribution in [0, 0.1) is 24.0 Å². The van der Waals surface area contributed by atoms with Gasteiger partial charge in [0.05, 0.1) is 9.82 Å². The highest BCUT2D eigenvalue weighted by Gasteiger charge is 2.25. The van der Waals surface area contributed by atoms with Crippen molar-refractivity contribution < 1.29 is 13.3 Å². The largest absolute Gasteiger partial charge is 0.383 e. The Kier molecular flexibility index (Phi) is 5.44. The van der Waals surface area contributed by atoms with Crippen LogP contribution in [0.5, 0.6) is 0 Å². The molecule has 0 radical (unpaired) electrons. The second-order valence-corrected chi connectivity index (χ2v) is 7.92. The van der Waals surface area contributed by atoms with E-state index in [1.54, 1.807) is 7.05 Å². The van der Waals surface area contributed by atoms with E-state index in [2.05, 4.69) is 5.32 Å². The molecule has 25 heavy (non-hydrogen) atoms. The number of nitrogens with zero attached hydrogens (tertiary/aromatic N) is 2. The molecule has 0 saturated carbocycles. The van der Waals surface area contributed by atoms with E-state index in [-0.39, 0.29) is 22.8 Å². The molecule has 0 atom stereocenters.